The van der Waals surface area contributed by atoms with Crippen LogP contribution in [0.1, 0.15) is 69.9 Å². The molecule has 0 aromatic heterocycles. The number of rotatable bonds is 10. The Kier molecular flexibility index (Phi) is 8.82. The SMILES string of the molecule is CCN(CCc1ccccc1)C(C)CCC(C#N)(c1ccc(F)c(F)c1)C1CCCCC1. The van der Waals surface area contributed by atoms with E-state index in [1.807, 2.05) is 6.07 Å². The molecule has 32 heavy (non-hydrogen) atoms. The van der Waals surface area contributed by atoms with E-state index >= 15 is 0 Å². The van der Waals surface area contributed by atoms with Gasteiger partial charge in [0.2, 0.25) is 0 Å². The first-order valence-corrected chi connectivity index (χ1v) is 12.1. The van der Waals surface area contributed by atoms with Crippen molar-refractivity contribution < 1.29 is 8.78 Å². The summed E-state index contributed by atoms with van der Waals surface area (Å²) in [5.74, 6) is -1.52. The van der Waals surface area contributed by atoms with E-state index < -0.39 is 17.0 Å². The van der Waals surface area contributed by atoms with Gasteiger partial charge in [0.05, 0.1) is 11.5 Å². The van der Waals surface area contributed by atoms with Crippen LogP contribution in [0.5, 0.6) is 0 Å². The number of halogens is 2. The van der Waals surface area contributed by atoms with Gasteiger partial charge in [0.25, 0.3) is 0 Å². The lowest BCUT2D eigenvalue weighted by atomic mass is 9.63. The van der Waals surface area contributed by atoms with Gasteiger partial charge in [-0.15, -0.1) is 0 Å². The summed E-state index contributed by atoms with van der Waals surface area (Å²) in [6.45, 7) is 6.32. The van der Waals surface area contributed by atoms with Crippen molar-refractivity contribution in [3.05, 3.63) is 71.3 Å². The van der Waals surface area contributed by atoms with Crippen molar-refractivity contribution in [2.24, 2.45) is 5.92 Å². The van der Waals surface area contributed by atoms with E-state index in [2.05, 4.69) is 49.1 Å². The number of nitriles is 1. The highest BCUT2D eigenvalue weighted by Gasteiger charge is 2.41. The molecule has 172 valence electrons. The molecular formula is C28H36F2N2. The minimum absolute atomic E-state index is 0.192. The number of hydrogen-bond donors (Lipinski definition) is 0. The lowest BCUT2D eigenvalue weighted by molar-refractivity contribution is 0.179. The summed E-state index contributed by atoms with van der Waals surface area (Å²) in [6.07, 6.45) is 7.87. The zero-order valence-electron chi connectivity index (χ0n) is 19.5. The number of likely N-dealkylation sites (N-methyl/N-ethyl adjacent to an activating group) is 1. The fourth-order valence-corrected chi connectivity index (χ4v) is 5.39. The highest BCUT2D eigenvalue weighted by Crippen LogP contribution is 2.44. The molecule has 1 fully saturated rings. The minimum atomic E-state index is -0.857. The summed E-state index contributed by atoms with van der Waals surface area (Å²) in [4.78, 5) is 2.46. The van der Waals surface area contributed by atoms with Crippen LogP contribution in [0.2, 0.25) is 0 Å². The molecular weight excluding hydrogens is 402 g/mol. The van der Waals surface area contributed by atoms with Gasteiger partial charge in [0, 0.05) is 12.6 Å². The second kappa shape index (κ2) is 11.6. The lowest BCUT2D eigenvalue weighted by Crippen LogP contribution is -2.39. The van der Waals surface area contributed by atoms with Crippen LogP contribution in [0.3, 0.4) is 0 Å². The molecule has 4 heteroatoms. The molecule has 0 N–H and O–H groups in total. The Hall–Kier alpha value is -2.25. The summed E-state index contributed by atoms with van der Waals surface area (Å²) < 4.78 is 27.8. The van der Waals surface area contributed by atoms with Crippen molar-refractivity contribution in [2.75, 3.05) is 13.1 Å². The first kappa shape index (κ1) is 24.4. The maximum Gasteiger partial charge on any atom is 0.159 e. The third-order valence-corrected chi connectivity index (χ3v) is 7.45. The van der Waals surface area contributed by atoms with Crippen molar-refractivity contribution in [3.8, 4) is 6.07 Å². The Morgan fingerprint density at radius 1 is 1.06 bits per heavy atom. The van der Waals surface area contributed by atoms with Crippen LogP contribution >= 0.6 is 0 Å². The van der Waals surface area contributed by atoms with E-state index in [1.54, 1.807) is 6.07 Å². The van der Waals surface area contributed by atoms with Crippen molar-refractivity contribution in [2.45, 2.75) is 76.7 Å². The minimum Gasteiger partial charge on any atom is -0.301 e. The Labute approximate surface area is 192 Å². The van der Waals surface area contributed by atoms with Crippen LogP contribution in [-0.2, 0) is 11.8 Å². The number of benzene rings is 2. The molecule has 0 radical (unpaired) electrons. The van der Waals surface area contributed by atoms with Gasteiger partial charge < -0.3 is 4.90 Å². The normalized spacial score (nSPS) is 17.6. The molecule has 0 amide bonds. The third-order valence-electron chi connectivity index (χ3n) is 7.45. The molecule has 1 aliphatic carbocycles. The highest BCUT2D eigenvalue weighted by atomic mass is 19.2. The Balaban J connectivity index is 1.76. The van der Waals surface area contributed by atoms with E-state index in [4.69, 9.17) is 0 Å². The summed E-state index contributed by atoms with van der Waals surface area (Å²) in [5, 5.41) is 10.4. The summed E-state index contributed by atoms with van der Waals surface area (Å²) >= 11 is 0. The van der Waals surface area contributed by atoms with Gasteiger partial charge in [-0.2, -0.15) is 5.26 Å². The average Bonchev–Trinajstić information content (AvgIpc) is 2.83. The second-order valence-corrected chi connectivity index (χ2v) is 9.30. The zero-order valence-corrected chi connectivity index (χ0v) is 19.5. The van der Waals surface area contributed by atoms with Gasteiger partial charge in [0.1, 0.15) is 0 Å². The van der Waals surface area contributed by atoms with Crippen molar-refractivity contribution in [1.29, 1.82) is 5.26 Å². The first-order valence-electron chi connectivity index (χ1n) is 12.1. The topological polar surface area (TPSA) is 27.0 Å². The monoisotopic (exact) mass is 438 g/mol. The van der Waals surface area contributed by atoms with E-state index in [0.717, 1.165) is 51.6 Å². The molecule has 2 aromatic rings. The molecule has 0 heterocycles. The van der Waals surface area contributed by atoms with Crippen molar-refractivity contribution in [3.63, 3.8) is 0 Å². The average molecular weight is 439 g/mol. The molecule has 0 spiro atoms. The summed E-state index contributed by atoms with van der Waals surface area (Å²) in [5.41, 5.74) is 1.21. The van der Waals surface area contributed by atoms with Gasteiger partial charge >= 0.3 is 0 Å². The van der Waals surface area contributed by atoms with Crippen LogP contribution in [-0.4, -0.2) is 24.0 Å². The van der Waals surface area contributed by atoms with Gasteiger partial charge in [-0.05, 0) is 74.8 Å². The maximum absolute atomic E-state index is 14.2. The Morgan fingerprint density at radius 2 is 1.78 bits per heavy atom. The number of nitrogens with zero attached hydrogens (tertiary/aromatic N) is 2. The molecule has 0 saturated heterocycles. The molecule has 2 nitrogen and oxygen atoms in total. The van der Waals surface area contributed by atoms with Crippen LogP contribution in [0, 0.1) is 28.9 Å². The van der Waals surface area contributed by atoms with Crippen LogP contribution in [0.15, 0.2) is 48.5 Å². The molecule has 2 atom stereocenters. The lowest BCUT2D eigenvalue weighted by Gasteiger charge is -2.39. The van der Waals surface area contributed by atoms with Crippen LogP contribution in [0.4, 0.5) is 8.78 Å². The van der Waals surface area contributed by atoms with E-state index in [-0.39, 0.29) is 5.92 Å². The summed E-state index contributed by atoms with van der Waals surface area (Å²) in [6, 6.07) is 17.5. The molecule has 0 aliphatic heterocycles. The Bertz CT molecular complexity index is 886. The maximum atomic E-state index is 14.2. The Morgan fingerprint density at radius 3 is 2.41 bits per heavy atom. The van der Waals surface area contributed by atoms with Crippen LogP contribution in [0.25, 0.3) is 0 Å². The van der Waals surface area contributed by atoms with Gasteiger partial charge in [-0.3, -0.25) is 0 Å². The number of hydrogen-bond acceptors (Lipinski definition) is 2. The van der Waals surface area contributed by atoms with Crippen molar-refractivity contribution in [1.82, 2.24) is 4.90 Å². The molecule has 2 unspecified atom stereocenters. The molecule has 0 bridgehead atoms. The molecule has 3 rings (SSSR count). The highest BCUT2D eigenvalue weighted by molar-refractivity contribution is 5.35. The molecule has 1 aliphatic rings. The van der Waals surface area contributed by atoms with Gasteiger partial charge in [0.15, 0.2) is 11.6 Å². The molecule has 2 aromatic carbocycles. The van der Waals surface area contributed by atoms with E-state index in [0.29, 0.717) is 18.0 Å². The third kappa shape index (κ3) is 5.75. The quantitative estimate of drug-likeness (QED) is 0.398. The van der Waals surface area contributed by atoms with Gasteiger partial charge in [-0.1, -0.05) is 62.6 Å². The fourth-order valence-electron chi connectivity index (χ4n) is 5.39. The predicted molar refractivity (Wildman–Crippen MR) is 126 cm³/mol. The predicted octanol–water partition coefficient (Wildman–Crippen LogP) is 7.04. The first-order chi connectivity index (χ1) is 15.5. The van der Waals surface area contributed by atoms with Crippen LogP contribution < -0.4 is 0 Å². The van der Waals surface area contributed by atoms with E-state index in [1.165, 1.54) is 24.1 Å². The molecule has 1 saturated carbocycles. The zero-order chi connectivity index (χ0) is 23.0. The van der Waals surface area contributed by atoms with Crippen molar-refractivity contribution >= 4 is 0 Å². The van der Waals surface area contributed by atoms with E-state index in [9.17, 15) is 14.0 Å². The summed E-state index contributed by atoms with van der Waals surface area (Å²) in [7, 11) is 0. The van der Waals surface area contributed by atoms with Gasteiger partial charge in [-0.25, -0.2) is 8.78 Å². The fraction of sp³-hybridized carbons (Fsp3) is 0.536. The second-order valence-electron chi connectivity index (χ2n) is 9.30. The standard InChI is InChI=1S/C28H36F2N2/c1-3-32(19-17-23-10-6-4-7-11-23)22(2)16-18-28(21-31,24-12-8-5-9-13-24)25-14-15-26(29)27(30)20-25/h4,6-7,10-11,14-15,20,22,24H,3,5,8-9,12-13,16-19H2,1-2H3. The smallest absolute Gasteiger partial charge is 0.159 e. The largest absolute Gasteiger partial charge is 0.301 e.